The van der Waals surface area contributed by atoms with Gasteiger partial charge >= 0.3 is 5.97 Å². The zero-order valence-electron chi connectivity index (χ0n) is 11.6. The lowest BCUT2D eigenvalue weighted by molar-refractivity contribution is -0.158. The third-order valence-corrected chi connectivity index (χ3v) is 3.97. The third-order valence-electron chi connectivity index (χ3n) is 2.59. The van der Waals surface area contributed by atoms with Crippen LogP contribution in [0.2, 0.25) is 0 Å². The van der Waals surface area contributed by atoms with E-state index < -0.39 is 11.6 Å². The highest BCUT2D eigenvalue weighted by molar-refractivity contribution is 8.00. The number of nitrogens with one attached hydrogen (secondary N) is 1. The predicted octanol–water partition coefficient (Wildman–Crippen LogP) is 2.12. The monoisotopic (exact) mass is 273 g/mol. The van der Waals surface area contributed by atoms with Crippen molar-refractivity contribution in [2.75, 3.05) is 5.75 Å². The van der Waals surface area contributed by atoms with E-state index >= 15 is 0 Å². The zero-order valence-corrected chi connectivity index (χ0v) is 12.4. The van der Waals surface area contributed by atoms with Gasteiger partial charge in [0.15, 0.2) is 0 Å². The second-order valence-electron chi connectivity index (χ2n) is 5.62. The first kappa shape index (κ1) is 15.3. The van der Waals surface area contributed by atoms with Crippen LogP contribution < -0.4 is 5.32 Å². The molecule has 1 rings (SSSR count). The SMILES string of the molecule is C[C@H](NC(=O)C1CCCCS1)C(=O)OC(C)(C)C. The summed E-state index contributed by atoms with van der Waals surface area (Å²) in [4.78, 5) is 23.7. The number of thioether (sulfide) groups is 1. The predicted molar refractivity (Wildman–Crippen MR) is 73.5 cm³/mol. The first-order valence-corrected chi connectivity index (χ1v) is 7.49. The van der Waals surface area contributed by atoms with Crippen LogP contribution in [0.15, 0.2) is 0 Å². The van der Waals surface area contributed by atoms with Gasteiger partial charge in [-0.05, 0) is 46.3 Å². The smallest absolute Gasteiger partial charge is 0.328 e. The van der Waals surface area contributed by atoms with Crippen molar-refractivity contribution in [3.8, 4) is 0 Å². The highest BCUT2D eigenvalue weighted by Crippen LogP contribution is 2.25. The van der Waals surface area contributed by atoms with Crippen LogP contribution in [-0.2, 0) is 14.3 Å². The van der Waals surface area contributed by atoms with E-state index in [1.165, 1.54) is 6.42 Å². The lowest BCUT2D eigenvalue weighted by Crippen LogP contribution is -2.45. The van der Waals surface area contributed by atoms with Crippen molar-refractivity contribution in [3.63, 3.8) is 0 Å². The molecular formula is C13H23NO3S. The standard InChI is InChI=1S/C13H23NO3S/c1-9(12(16)17-13(2,3)4)14-11(15)10-7-5-6-8-18-10/h9-10H,5-8H2,1-4H3,(H,14,15)/t9-,10?/m0/s1. The van der Waals surface area contributed by atoms with E-state index in [2.05, 4.69) is 5.32 Å². The van der Waals surface area contributed by atoms with Gasteiger partial charge in [0.05, 0.1) is 5.25 Å². The number of esters is 1. The van der Waals surface area contributed by atoms with Gasteiger partial charge in [-0.2, -0.15) is 0 Å². The second-order valence-corrected chi connectivity index (χ2v) is 6.93. The minimum absolute atomic E-state index is 0.0105. The van der Waals surface area contributed by atoms with Crippen molar-refractivity contribution in [2.45, 2.75) is 63.9 Å². The van der Waals surface area contributed by atoms with Crippen molar-refractivity contribution in [1.29, 1.82) is 0 Å². The second kappa shape index (κ2) is 6.45. The van der Waals surface area contributed by atoms with Crippen LogP contribution in [0, 0.1) is 0 Å². The van der Waals surface area contributed by atoms with Crippen molar-refractivity contribution < 1.29 is 14.3 Å². The molecule has 1 unspecified atom stereocenters. The number of carbonyl (C=O) groups is 2. The normalized spacial score (nSPS) is 22.1. The van der Waals surface area contributed by atoms with E-state index in [-0.39, 0.29) is 17.1 Å². The van der Waals surface area contributed by atoms with Crippen LogP contribution in [0.4, 0.5) is 0 Å². The highest BCUT2D eigenvalue weighted by Gasteiger charge is 2.27. The molecule has 0 aromatic rings. The maximum Gasteiger partial charge on any atom is 0.328 e. The number of ether oxygens (including phenoxy) is 1. The fourth-order valence-corrected chi connectivity index (χ4v) is 2.91. The van der Waals surface area contributed by atoms with Crippen molar-refractivity contribution in [1.82, 2.24) is 5.32 Å². The number of carbonyl (C=O) groups excluding carboxylic acids is 2. The van der Waals surface area contributed by atoms with Crippen LogP contribution in [0.3, 0.4) is 0 Å². The molecule has 104 valence electrons. The molecule has 18 heavy (non-hydrogen) atoms. The van der Waals surface area contributed by atoms with E-state index in [1.807, 2.05) is 20.8 Å². The molecule has 0 aromatic heterocycles. The van der Waals surface area contributed by atoms with Gasteiger partial charge in [-0.15, -0.1) is 11.8 Å². The molecule has 0 bridgehead atoms. The summed E-state index contributed by atoms with van der Waals surface area (Å²) in [5, 5.41) is 2.73. The van der Waals surface area contributed by atoms with Crippen molar-refractivity contribution in [3.05, 3.63) is 0 Å². The number of rotatable bonds is 3. The van der Waals surface area contributed by atoms with Gasteiger partial charge in [0.1, 0.15) is 11.6 Å². The van der Waals surface area contributed by atoms with Crippen LogP contribution in [-0.4, -0.2) is 34.5 Å². The molecule has 2 atom stereocenters. The van der Waals surface area contributed by atoms with Crippen LogP contribution in [0.25, 0.3) is 0 Å². The molecule has 1 aliphatic rings. The minimum Gasteiger partial charge on any atom is -0.458 e. The molecule has 1 fully saturated rings. The van der Waals surface area contributed by atoms with Gasteiger partial charge in [0, 0.05) is 0 Å². The van der Waals surface area contributed by atoms with E-state index in [0.29, 0.717) is 0 Å². The van der Waals surface area contributed by atoms with E-state index in [1.54, 1.807) is 18.7 Å². The Hall–Kier alpha value is -0.710. The molecule has 1 amide bonds. The Kier molecular flexibility index (Phi) is 5.50. The van der Waals surface area contributed by atoms with E-state index in [4.69, 9.17) is 4.74 Å². The number of hydrogen-bond acceptors (Lipinski definition) is 4. The molecule has 0 spiro atoms. The van der Waals surface area contributed by atoms with Crippen LogP contribution in [0.5, 0.6) is 0 Å². The van der Waals surface area contributed by atoms with Gasteiger partial charge in [0.25, 0.3) is 0 Å². The largest absolute Gasteiger partial charge is 0.458 e. The summed E-state index contributed by atoms with van der Waals surface area (Å²) >= 11 is 1.67. The van der Waals surface area contributed by atoms with Crippen molar-refractivity contribution >= 4 is 23.6 Å². The van der Waals surface area contributed by atoms with Gasteiger partial charge in [-0.3, -0.25) is 4.79 Å². The lowest BCUT2D eigenvalue weighted by Gasteiger charge is -2.25. The van der Waals surface area contributed by atoms with Gasteiger partial charge in [0.2, 0.25) is 5.91 Å². The zero-order chi connectivity index (χ0) is 13.8. The van der Waals surface area contributed by atoms with Crippen molar-refractivity contribution in [2.24, 2.45) is 0 Å². The Morgan fingerprint density at radius 3 is 2.50 bits per heavy atom. The summed E-state index contributed by atoms with van der Waals surface area (Å²) in [6.45, 7) is 7.11. The Morgan fingerprint density at radius 2 is 2.00 bits per heavy atom. The van der Waals surface area contributed by atoms with Crippen LogP contribution >= 0.6 is 11.8 Å². The first-order chi connectivity index (χ1) is 8.29. The maximum absolute atomic E-state index is 11.9. The van der Waals surface area contributed by atoms with Crippen LogP contribution in [0.1, 0.15) is 47.0 Å². The fraction of sp³-hybridized carbons (Fsp3) is 0.846. The molecular weight excluding hydrogens is 250 g/mol. The van der Waals surface area contributed by atoms with Gasteiger partial charge < -0.3 is 10.1 Å². The molecule has 1 heterocycles. The topological polar surface area (TPSA) is 55.4 Å². The summed E-state index contributed by atoms with van der Waals surface area (Å²) < 4.78 is 5.23. The minimum atomic E-state index is -0.584. The Morgan fingerprint density at radius 1 is 1.33 bits per heavy atom. The Labute approximate surface area is 113 Å². The first-order valence-electron chi connectivity index (χ1n) is 6.44. The number of amides is 1. The molecule has 1 N–H and O–H groups in total. The lowest BCUT2D eigenvalue weighted by atomic mass is 10.1. The number of hydrogen-bond donors (Lipinski definition) is 1. The molecule has 0 aliphatic carbocycles. The fourth-order valence-electron chi connectivity index (χ4n) is 1.70. The van der Waals surface area contributed by atoms with Gasteiger partial charge in [-0.25, -0.2) is 4.79 Å². The third kappa shape index (κ3) is 5.29. The average Bonchev–Trinajstić information content (AvgIpc) is 2.27. The Bertz CT molecular complexity index is 306. The summed E-state index contributed by atoms with van der Waals surface area (Å²) in [5.41, 5.74) is -0.518. The Balaban J connectivity index is 2.41. The van der Waals surface area contributed by atoms with E-state index in [0.717, 1.165) is 18.6 Å². The van der Waals surface area contributed by atoms with E-state index in [9.17, 15) is 9.59 Å². The summed E-state index contributed by atoms with van der Waals surface area (Å²) in [5.74, 6) is 0.605. The molecule has 5 heteroatoms. The molecule has 0 saturated carbocycles. The molecule has 1 aliphatic heterocycles. The maximum atomic E-state index is 11.9. The summed E-state index contributed by atoms with van der Waals surface area (Å²) in [6.07, 6.45) is 3.17. The molecule has 1 saturated heterocycles. The molecule has 0 radical (unpaired) electrons. The highest BCUT2D eigenvalue weighted by atomic mass is 32.2. The van der Waals surface area contributed by atoms with Gasteiger partial charge in [-0.1, -0.05) is 6.42 Å². The molecule has 0 aromatic carbocycles. The summed E-state index contributed by atoms with van der Waals surface area (Å²) in [7, 11) is 0. The molecule has 4 nitrogen and oxygen atoms in total. The summed E-state index contributed by atoms with van der Waals surface area (Å²) in [6, 6.07) is -0.584. The average molecular weight is 273 g/mol. The quantitative estimate of drug-likeness (QED) is 0.800.